The Labute approximate surface area is 425 Å². The average Bonchev–Trinajstić information content (AvgIpc) is 3.34. The molecule has 0 aliphatic rings. The summed E-state index contributed by atoms with van der Waals surface area (Å²) in [6.07, 6.45) is 65.9. The van der Waals surface area contributed by atoms with Gasteiger partial charge in [0.25, 0.3) is 0 Å². The maximum atomic E-state index is 12.8. The van der Waals surface area contributed by atoms with Crippen molar-refractivity contribution in [2.24, 2.45) is 0 Å². The van der Waals surface area contributed by atoms with Crippen LogP contribution < -0.4 is 0 Å². The van der Waals surface area contributed by atoms with Crippen molar-refractivity contribution in [1.29, 1.82) is 0 Å². The fraction of sp³-hybridized carbons (Fsp3) is 0.952. The predicted octanol–water partition coefficient (Wildman–Crippen LogP) is 20.7. The van der Waals surface area contributed by atoms with Crippen LogP contribution in [-0.2, 0) is 28.6 Å². The van der Waals surface area contributed by atoms with Gasteiger partial charge in [0.15, 0.2) is 6.10 Å². The number of unbranched alkanes of at least 4 members (excludes halogenated alkanes) is 47. The van der Waals surface area contributed by atoms with Crippen LogP contribution >= 0.6 is 0 Å². The van der Waals surface area contributed by atoms with E-state index in [0.717, 1.165) is 64.2 Å². The molecule has 0 rings (SSSR count). The maximum Gasteiger partial charge on any atom is 0.306 e. The van der Waals surface area contributed by atoms with Gasteiger partial charge in [-0.05, 0) is 19.3 Å². The molecular formula is C62H120O6. The minimum atomic E-state index is -0.760. The monoisotopic (exact) mass is 961 g/mol. The van der Waals surface area contributed by atoms with Crippen molar-refractivity contribution in [3.8, 4) is 0 Å². The molecule has 0 aromatic carbocycles. The van der Waals surface area contributed by atoms with Crippen molar-refractivity contribution in [3.63, 3.8) is 0 Å². The molecule has 0 bridgehead atoms. The van der Waals surface area contributed by atoms with E-state index < -0.39 is 6.10 Å². The van der Waals surface area contributed by atoms with Gasteiger partial charge in [-0.3, -0.25) is 14.4 Å². The maximum absolute atomic E-state index is 12.8. The van der Waals surface area contributed by atoms with Gasteiger partial charge in [0.2, 0.25) is 0 Å². The fourth-order valence-electron chi connectivity index (χ4n) is 9.68. The van der Waals surface area contributed by atoms with Gasteiger partial charge in [-0.15, -0.1) is 0 Å². The number of rotatable bonds is 58. The predicted molar refractivity (Wildman–Crippen MR) is 294 cm³/mol. The minimum Gasteiger partial charge on any atom is -0.462 e. The quantitative estimate of drug-likeness (QED) is 0.0343. The summed E-state index contributed by atoms with van der Waals surface area (Å²) >= 11 is 0. The zero-order valence-corrected chi connectivity index (χ0v) is 46.4. The summed E-state index contributed by atoms with van der Waals surface area (Å²) in [7, 11) is 0. The molecule has 6 heteroatoms. The molecule has 6 nitrogen and oxygen atoms in total. The van der Waals surface area contributed by atoms with E-state index in [9.17, 15) is 14.4 Å². The Morgan fingerprint density at radius 3 is 0.588 bits per heavy atom. The van der Waals surface area contributed by atoms with E-state index in [4.69, 9.17) is 14.2 Å². The number of hydrogen-bond acceptors (Lipinski definition) is 6. The van der Waals surface area contributed by atoms with Gasteiger partial charge in [-0.25, -0.2) is 0 Å². The molecular weight excluding hydrogens is 841 g/mol. The van der Waals surface area contributed by atoms with Gasteiger partial charge in [-0.1, -0.05) is 323 Å². The van der Waals surface area contributed by atoms with Crippen LogP contribution in [-0.4, -0.2) is 37.2 Å². The van der Waals surface area contributed by atoms with Crippen molar-refractivity contribution in [2.45, 2.75) is 367 Å². The highest BCUT2D eigenvalue weighted by Crippen LogP contribution is 2.18. The molecule has 1 atom stereocenters. The van der Waals surface area contributed by atoms with Crippen molar-refractivity contribution in [1.82, 2.24) is 0 Å². The lowest BCUT2D eigenvalue weighted by Gasteiger charge is -2.18. The summed E-state index contributed by atoms with van der Waals surface area (Å²) in [6.45, 7) is 6.63. The number of esters is 3. The largest absolute Gasteiger partial charge is 0.462 e. The fourth-order valence-corrected chi connectivity index (χ4v) is 9.68. The second-order valence-corrected chi connectivity index (χ2v) is 21.3. The van der Waals surface area contributed by atoms with Crippen molar-refractivity contribution in [3.05, 3.63) is 0 Å². The summed E-state index contributed by atoms with van der Waals surface area (Å²) in [6, 6.07) is 0. The first-order chi connectivity index (χ1) is 33.5. The lowest BCUT2D eigenvalue weighted by molar-refractivity contribution is -0.167. The van der Waals surface area contributed by atoms with Crippen LogP contribution in [0, 0.1) is 0 Å². The molecule has 0 saturated carbocycles. The summed E-state index contributed by atoms with van der Waals surface area (Å²) in [4.78, 5) is 37.8. The zero-order valence-electron chi connectivity index (χ0n) is 46.4. The topological polar surface area (TPSA) is 78.9 Å². The lowest BCUT2D eigenvalue weighted by Crippen LogP contribution is -2.30. The van der Waals surface area contributed by atoms with E-state index in [1.54, 1.807) is 0 Å². The highest BCUT2D eigenvalue weighted by Gasteiger charge is 2.19. The van der Waals surface area contributed by atoms with Crippen LogP contribution in [0.3, 0.4) is 0 Å². The summed E-state index contributed by atoms with van der Waals surface area (Å²) in [5, 5.41) is 0. The van der Waals surface area contributed by atoms with Gasteiger partial charge in [0.05, 0.1) is 0 Å². The third-order valence-corrected chi connectivity index (χ3v) is 14.4. The van der Waals surface area contributed by atoms with Gasteiger partial charge < -0.3 is 14.2 Å². The average molecular weight is 962 g/mol. The van der Waals surface area contributed by atoms with Crippen LogP contribution in [0.25, 0.3) is 0 Å². The van der Waals surface area contributed by atoms with E-state index in [-0.39, 0.29) is 31.1 Å². The van der Waals surface area contributed by atoms with E-state index in [1.807, 2.05) is 0 Å². The first-order valence-corrected chi connectivity index (χ1v) is 31.0. The van der Waals surface area contributed by atoms with Crippen molar-refractivity contribution in [2.75, 3.05) is 13.2 Å². The Morgan fingerprint density at radius 1 is 0.235 bits per heavy atom. The molecule has 0 N–H and O–H groups in total. The second kappa shape index (κ2) is 58.0. The summed E-state index contributed by atoms with van der Waals surface area (Å²) in [5.74, 6) is -0.848. The van der Waals surface area contributed by atoms with Gasteiger partial charge in [-0.2, -0.15) is 0 Å². The first kappa shape index (κ1) is 66.4. The van der Waals surface area contributed by atoms with Crippen molar-refractivity contribution < 1.29 is 28.6 Å². The molecule has 0 amide bonds. The Hall–Kier alpha value is -1.59. The minimum absolute atomic E-state index is 0.0625. The van der Waals surface area contributed by atoms with Gasteiger partial charge in [0.1, 0.15) is 13.2 Å². The van der Waals surface area contributed by atoms with Crippen LogP contribution in [0.2, 0.25) is 0 Å². The van der Waals surface area contributed by atoms with Crippen LogP contribution in [0.1, 0.15) is 361 Å². The summed E-state index contributed by atoms with van der Waals surface area (Å²) in [5.41, 5.74) is 0. The third kappa shape index (κ3) is 55.3. The Morgan fingerprint density at radius 2 is 0.397 bits per heavy atom. The molecule has 0 spiro atoms. The molecule has 0 aliphatic heterocycles. The number of carbonyl (C=O) groups is 3. The first-order valence-electron chi connectivity index (χ1n) is 31.0. The standard InChI is InChI=1S/C62H120O6/c1-4-7-10-13-15-17-19-21-23-25-27-28-29-30-31-32-33-35-36-38-40-42-44-46-49-52-55-61(64)67-58-59(57-66-60(63)54-51-48-12-9-6-3)68-62(65)56-53-50-47-45-43-41-39-37-34-26-24-22-20-18-16-14-11-8-5-2/h59H,4-58H2,1-3H3. The molecule has 1 unspecified atom stereocenters. The molecule has 0 fully saturated rings. The molecule has 68 heavy (non-hydrogen) atoms. The molecule has 0 aliphatic carbocycles. The SMILES string of the molecule is CCCCCCCCCCCCCCCCCCCCCCCCCCCCC(=O)OCC(COC(=O)CCCCCCC)OC(=O)CCCCCCCCCCCCCCCCCCCCC. The highest BCUT2D eigenvalue weighted by molar-refractivity contribution is 5.71. The Kier molecular flexibility index (Phi) is 56.6. The van der Waals surface area contributed by atoms with E-state index in [0.29, 0.717) is 19.3 Å². The van der Waals surface area contributed by atoms with Crippen LogP contribution in [0.4, 0.5) is 0 Å². The Balaban J connectivity index is 3.95. The van der Waals surface area contributed by atoms with Crippen molar-refractivity contribution >= 4 is 17.9 Å². The second-order valence-electron chi connectivity index (χ2n) is 21.3. The molecule has 0 saturated heterocycles. The van der Waals surface area contributed by atoms with Crippen LogP contribution in [0.5, 0.6) is 0 Å². The van der Waals surface area contributed by atoms with E-state index in [2.05, 4.69) is 20.8 Å². The van der Waals surface area contributed by atoms with E-state index >= 15 is 0 Å². The molecule has 0 aromatic heterocycles. The van der Waals surface area contributed by atoms with Gasteiger partial charge in [0, 0.05) is 19.3 Å². The molecule has 0 radical (unpaired) electrons. The van der Waals surface area contributed by atoms with E-state index in [1.165, 1.54) is 257 Å². The summed E-state index contributed by atoms with van der Waals surface area (Å²) < 4.78 is 16.8. The van der Waals surface area contributed by atoms with Crippen LogP contribution in [0.15, 0.2) is 0 Å². The molecule has 404 valence electrons. The van der Waals surface area contributed by atoms with Gasteiger partial charge >= 0.3 is 17.9 Å². The molecule has 0 heterocycles. The lowest BCUT2D eigenvalue weighted by atomic mass is 10.0. The highest BCUT2D eigenvalue weighted by atomic mass is 16.6. The normalized spacial score (nSPS) is 11.9. The third-order valence-electron chi connectivity index (χ3n) is 14.4. The molecule has 0 aromatic rings. The number of hydrogen-bond donors (Lipinski definition) is 0. The smallest absolute Gasteiger partial charge is 0.306 e. The number of carbonyl (C=O) groups excluding carboxylic acids is 3. The Bertz CT molecular complexity index is 1010. The zero-order chi connectivity index (χ0) is 49.3. The number of ether oxygens (including phenoxy) is 3.